The molecule has 7 nitrogen and oxygen atoms in total. The number of rotatable bonds is 10. The average Bonchev–Trinajstić information content (AvgIpc) is 2.65. The first kappa shape index (κ1) is 22.1. The summed E-state index contributed by atoms with van der Waals surface area (Å²) in [6.45, 7) is 1.93. The highest BCUT2D eigenvalue weighted by Gasteiger charge is 2.24. The van der Waals surface area contributed by atoms with Crippen molar-refractivity contribution in [2.75, 3.05) is 19.8 Å². The molecule has 0 heterocycles. The largest absolute Gasteiger partial charge is 0.496 e. The number of benzene rings is 2. The molecule has 2 aromatic carbocycles. The topological polar surface area (TPSA) is 116 Å². The van der Waals surface area contributed by atoms with Crippen molar-refractivity contribution >= 4 is 13.3 Å². The van der Waals surface area contributed by atoms with Crippen LogP contribution in [0.2, 0.25) is 0 Å². The van der Waals surface area contributed by atoms with Gasteiger partial charge in [0.2, 0.25) is 7.37 Å². The molecular formula is C20H26NO6P. The van der Waals surface area contributed by atoms with E-state index in [-0.39, 0.29) is 36.2 Å². The lowest BCUT2D eigenvalue weighted by Crippen LogP contribution is -2.31. The van der Waals surface area contributed by atoms with Gasteiger partial charge in [0.25, 0.3) is 0 Å². The van der Waals surface area contributed by atoms with Crippen molar-refractivity contribution in [1.82, 2.24) is 5.32 Å². The number of carbonyl (C=O) groups is 1. The minimum atomic E-state index is -3.52. The Labute approximate surface area is 164 Å². The Morgan fingerprint density at radius 1 is 1.21 bits per heavy atom. The van der Waals surface area contributed by atoms with Crippen LogP contribution in [-0.4, -0.2) is 47.0 Å². The van der Waals surface area contributed by atoms with Crippen LogP contribution < -0.4 is 10.1 Å². The molecule has 0 aromatic heterocycles. The molecule has 0 saturated carbocycles. The van der Waals surface area contributed by atoms with E-state index in [4.69, 9.17) is 4.74 Å². The first-order chi connectivity index (χ1) is 13.2. The van der Waals surface area contributed by atoms with Gasteiger partial charge in [-0.25, -0.2) is 4.79 Å². The van der Waals surface area contributed by atoms with Gasteiger partial charge >= 0.3 is 5.97 Å². The van der Waals surface area contributed by atoms with Gasteiger partial charge in [0.1, 0.15) is 11.3 Å². The Morgan fingerprint density at radius 3 is 2.50 bits per heavy atom. The minimum Gasteiger partial charge on any atom is -0.496 e. The maximum absolute atomic E-state index is 12.4. The molecule has 2 unspecified atom stereocenters. The number of aliphatic hydroxyl groups excluding tert-OH is 1. The van der Waals surface area contributed by atoms with Gasteiger partial charge in [-0.05, 0) is 30.2 Å². The van der Waals surface area contributed by atoms with Gasteiger partial charge in [-0.3, -0.25) is 4.57 Å². The summed E-state index contributed by atoms with van der Waals surface area (Å²) in [6.07, 6.45) is -1.20. The Kier molecular flexibility index (Phi) is 7.78. The van der Waals surface area contributed by atoms with Crippen molar-refractivity contribution in [3.63, 3.8) is 0 Å². The van der Waals surface area contributed by atoms with Crippen LogP contribution in [0.3, 0.4) is 0 Å². The summed E-state index contributed by atoms with van der Waals surface area (Å²) in [6, 6.07) is 13.6. The van der Waals surface area contributed by atoms with Gasteiger partial charge in [0.15, 0.2) is 0 Å². The Morgan fingerprint density at radius 2 is 1.89 bits per heavy atom. The third kappa shape index (κ3) is 6.46. The number of methoxy groups -OCH3 is 1. The van der Waals surface area contributed by atoms with Crippen LogP contribution in [0.15, 0.2) is 48.5 Å². The molecule has 0 aliphatic heterocycles. The molecule has 2 rings (SSSR count). The summed E-state index contributed by atoms with van der Waals surface area (Å²) in [5.74, 6) is -0.821. The van der Waals surface area contributed by atoms with Crippen molar-refractivity contribution in [2.45, 2.75) is 25.2 Å². The maximum Gasteiger partial charge on any atom is 0.339 e. The number of nitrogens with one attached hydrogen (secondary N) is 1. The predicted molar refractivity (Wildman–Crippen MR) is 107 cm³/mol. The number of aromatic carboxylic acids is 1. The second-order valence-electron chi connectivity index (χ2n) is 6.72. The maximum atomic E-state index is 12.4. The number of carboxylic acid groups (broad SMARTS) is 1. The molecule has 0 bridgehead atoms. The Balaban J connectivity index is 1.93. The van der Waals surface area contributed by atoms with Crippen LogP contribution in [0.4, 0.5) is 0 Å². The monoisotopic (exact) mass is 407 g/mol. The fourth-order valence-corrected chi connectivity index (χ4v) is 4.62. The summed E-state index contributed by atoms with van der Waals surface area (Å²) >= 11 is 0. The van der Waals surface area contributed by atoms with Crippen LogP contribution in [0, 0.1) is 0 Å². The Bertz CT molecular complexity index is 842. The Hall–Kier alpha value is -2.18. The third-order valence-corrected chi connectivity index (χ3v) is 6.23. The van der Waals surface area contributed by atoms with Crippen LogP contribution in [0.1, 0.15) is 34.5 Å². The van der Waals surface area contributed by atoms with Gasteiger partial charge in [-0.1, -0.05) is 36.4 Å². The zero-order valence-electron chi connectivity index (χ0n) is 15.9. The molecule has 0 spiro atoms. The number of hydrogen-bond donors (Lipinski definition) is 4. The van der Waals surface area contributed by atoms with E-state index in [0.29, 0.717) is 5.56 Å². The molecule has 28 heavy (non-hydrogen) atoms. The lowest BCUT2D eigenvalue weighted by atomic mass is 10.0. The molecule has 2 aromatic rings. The molecule has 0 amide bonds. The smallest absolute Gasteiger partial charge is 0.339 e. The van der Waals surface area contributed by atoms with Crippen LogP contribution in [0.25, 0.3) is 0 Å². The molecule has 0 radical (unpaired) electrons. The van der Waals surface area contributed by atoms with Gasteiger partial charge in [-0.2, -0.15) is 0 Å². The highest BCUT2D eigenvalue weighted by molar-refractivity contribution is 7.57. The van der Waals surface area contributed by atoms with Gasteiger partial charge in [0, 0.05) is 18.7 Å². The first-order valence-electron chi connectivity index (χ1n) is 8.89. The number of carboxylic acids is 1. The van der Waals surface area contributed by atoms with Crippen molar-refractivity contribution < 1.29 is 29.2 Å². The molecular weight excluding hydrogens is 381 g/mol. The molecule has 0 saturated heterocycles. The lowest BCUT2D eigenvalue weighted by Gasteiger charge is -2.20. The number of ether oxygens (including phenoxy) is 1. The van der Waals surface area contributed by atoms with Crippen LogP contribution in [0.5, 0.6) is 5.75 Å². The zero-order chi connectivity index (χ0) is 20.7. The van der Waals surface area contributed by atoms with E-state index in [1.807, 2.05) is 13.0 Å². The fraction of sp³-hybridized carbons (Fsp3) is 0.350. The standard InChI is InChI=1S/C20H26NO6P/c1-14(16-8-9-19(27-2)18(10-16)20(23)24)21-11-17(22)13-28(25,26)12-15-6-4-3-5-7-15/h3-10,14,17,21-22H,11-13H2,1-2H3,(H,23,24)(H,25,26)/t14?,17-/m0/s1. The summed E-state index contributed by atoms with van der Waals surface area (Å²) in [7, 11) is -2.11. The van der Waals surface area contributed by atoms with E-state index < -0.39 is 19.4 Å². The minimum absolute atomic E-state index is 0.0148. The van der Waals surface area contributed by atoms with Crippen LogP contribution >= 0.6 is 7.37 Å². The van der Waals surface area contributed by atoms with Gasteiger partial charge < -0.3 is 25.2 Å². The molecule has 0 aliphatic rings. The third-order valence-electron chi connectivity index (χ3n) is 4.38. The normalized spacial score (nSPS) is 15.4. The van der Waals surface area contributed by atoms with Crippen molar-refractivity contribution in [1.29, 1.82) is 0 Å². The molecule has 152 valence electrons. The lowest BCUT2D eigenvalue weighted by molar-refractivity contribution is 0.0693. The van der Waals surface area contributed by atoms with E-state index in [1.165, 1.54) is 13.2 Å². The summed E-state index contributed by atoms with van der Waals surface area (Å²) in [5, 5.41) is 22.5. The first-order valence-corrected chi connectivity index (χ1v) is 10.9. The molecule has 3 atom stereocenters. The van der Waals surface area contributed by atoms with E-state index in [1.54, 1.807) is 36.4 Å². The van der Waals surface area contributed by atoms with E-state index in [9.17, 15) is 24.5 Å². The molecule has 0 fully saturated rings. The second-order valence-corrected chi connectivity index (χ2v) is 9.10. The quantitative estimate of drug-likeness (QED) is 0.448. The predicted octanol–water partition coefficient (Wildman–Crippen LogP) is 2.88. The highest BCUT2D eigenvalue weighted by atomic mass is 31.2. The van der Waals surface area contributed by atoms with Crippen molar-refractivity contribution in [3.05, 3.63) is 65.2 Å². The molecule has 8 heteroatoms. The number of hydrogen-bond acceptors (Lipinski definition) is 5. The summed E-state index contributed by atoms with van der Waals surface area (Å²) < 4.78 is 17.4. The van der Waals surface area contributed by atoms with E-state index in [2.05, 4.69) is 5.32 Å². The average molecular weight is 407 g/mol. The number of aliphatic hydroxyl groups is 1. The summed E-state index contributed by atoms with van der Waals surface area (Å²) in [4.78, 5) is 21.5. The van der Waals surface area contributed by atoms with Crippen molar-refractivity contribution in [2.24, 2.45) is 0 Å². The SMILES string of the molecule is COc1ccc(C(C)NC[C@H](O)CP(=O)(O)Cc2ccccc2)cc1C(=O)O. The fourth-order valence-electron chi connectivity index (χ4n) is 2.92. The van der Waals surface area contributed by atoms with Crippen LogP contribution in [-0.2, 0) is 10.7 Å². The second kappa shape index (κ2) is 9.85. The van der Waals surface area contributed by atoms with Gasteiger partial charge in [0.05, 0.1) is 19.4 Å². The van der Waals surface area contributed by atoms with E-state index >= 15 is 0 Å². The van der Waals surface area contributed by atoms with E-state index in [0.717, 1.165) is 5.56 Å². The highest BCUT2D eigenvalue weighted by Crippen LogP contribution is 2.44. The molecule has 0 aliphatic carbocycles. The van der Waals surface area contributed by atoms with Gasteiger partial charge in [-0.15, -0.1) is 0 Å². The van der Waals surface area contributed by atoms with Crippen molar-refractivity contribution in [3.8, 4) is 5.75 Å². The summed E-state index contributed by atoms with van der Waals surface area (Å²) in [5.41, 5.74) is 1.51. The molecule has 4 N–H and O–H groups in total. The zero-order valence-corrected chi connectivity index (χ0v) is 16.8.